The van der Waals surface area contributed by atoms with Crippen molar-refractivity contribution < 1.29 is 0 Å². The Morgan fingerprint density at radius 3 is 2.61 bits per heavy atom. The summed E-state index contributed by atoms with van der Waals surface area (Å²) in [5.41, 5.74) is 7.92. The quantitative estimate of drug-likeness (QED) is 0.520. The fourth-order valence-corrected chi connectivity index (χ4v) is 2.07. The zero-order valence-corrected chi connectivity index (χ0v) is 11.8. The van der Waals surface area contributed by atoms with Gasteiger partial charge in [0.2, 0.25) is 0 Å². The van der Waals surface area contributed by atoms with Gasteiger partial charge in [-0.3, -0.25) is 0 Å². The molecule has 0 aliphatic carbocycles. The first-order chi connectivity index (χ1) is 8.76. The first-order valence-corrected chi connectivity index (χ1v) is 7.03. The molecule has 0 fully saturated rings. The molecule has 0 unspecified atom stereocenters. The molecule has 3 heteroatoms. The second-order valence-corrected chi connectivity index (χ2v) is 4.63. The number of hydrogen-bond acceptors (Lipinski definition) is 3. The van der Waals surface area contributed by atoms with E-state index in [2.05, 4.69) is 36.2 Å². The van der Waals surface area contributed by atoms with E-state index >= 15 is 0 Å². The van der Waals surface area contributed by atoms with Gasteiger partial charge in [0, 0.05) is 5.69 Å². The van der Waals surface area contributed by atoms with E-state index in [0.717, 1.165) is 38.3 Å². The lowest BCUT2D eigenvalue weighted by atomic mass is 10.1. The van der Waals surface area contributed by atoms with Crippen LogP contribution in [0.3, 0.4) is 0 Å². The Labute approximate surface area is 111 Å². The summed E-state index contributed by atoms with van der Waals surface area (Å²) in [6, 6.07) is 8.14. The summed E-state index contributed by atoms with van der Waals surface area (Å²) in [7, 11) is 0. The summed E-state index contributed by atoms with van der Waals surface area (Å²) in [5.74, 6) is 0. The number of benzene rings is 1. The number of anilines is 1. The van der Waals surface area contributed by atoms with Gasteiger partial charge in [-0.2, -0.15) is 0 Å². The SMILES string of the molecule is CCN(CC)CCCNCCc1cccc(N)c1. The molecule has 0 atom stereocenters. The summed E-state index contributed by atoms with van der Waals surface area (Å²) < 4.78 is 0. The van der Waals surface area contributed by atoms with E-state index in [1.54, 1.807) is 0 Å². The van der Waals surface area contributed by atoms with Gasteiger partial charge in [-0.1, -0.05) is 26.0 Å². The van der Waals surface area contributed by atoms with Crippen molar-refractivity contribution in [2.75, 3.05) is 38.5 Å². The molecule has 0 aromatic heterocycles. The lowest BCUT2D eigenvalue weighted by Gasteiger charge is -2.17. The normalized spacial score (nSPS) is 11.1. The van der Waals surface area contributed by atoms with Crippen molar-refractivity contribution in [3.8, 4) is 0 Å². The molecule has 0 bridgehead atoms. The number of rotatable bonds is 9. The van der Waals surface area contributed by atoms with E-state index in [0.29, 0.717) is 0 Å². The Balaban J connectivity index is 2.05. The van der Waals surface area contributed by atoms with Crippen LogP contribution in [-0.4, -0.2) is 37.6 Å². The maximum atomic E-state index is 5.75. The molecule has 0 saturated carbocycles. The number of nitrogens with one attached hydrogen (secondary N) is 1. The second-order valence-electron chi connectivity index (χ2n) is 4.63. The third-order valence-electron chi connectivity index (χ3n) is 3.26. The first-order valence-electron chi connectivity index (χ1n) is 7.03. The van der Waals surface area contributed by atoms with Crippen molar-refractivity contribution in [3.63, 3.8) is 0 Å². The average molecular weight is 249 g/mol. The summed E-state index contributed by atoms with van der Waals surface area (Å²) in [6.45, 7) is 10.1. The van der Waals surface area contributed by atoms with Gasteiger partial charge in [0.05, 0.1) is 0 Å². The Kier molecular flexibility index (Phi) is 7.46. The van der Waals surface area contributed by atoms with Gasteiger partial charge >= 0.3 is 0 Å². The highest BCUT2D eigenvalue weighted by atomic mass is 15.1. The molecule has 0 spiro atoms. The van der Waals surface area contributed by atoms with Crippen LogP contribution in [0.4, 0.5) is 5.69 Å². The number of nitrogen functional groups attached to an aromatic ring is 1. The molecule has 102 valence electrons. The van der Waals surface area contributed by atoms with Crippen molar-refractivity contribution in [1.82, 2.24) is 10.2 Å². The molecule has 3 nitrogen and oxygen atoms in total. The summed E-state index contributed by atoms with van der Waals surface area (Å²) in [6.07, 6.45) is 2.27. The molecular weight excluding hydrogens is 222 g/mol. The molecule has 0 heterocycles. The molecular formula is C15H27N3. The molecule has 0 aliphatic heterocycles. The average Bonchev–Trinajstić information content (AvgIpc) is 2.38. The van der Waals surface area contributed by atoms with E-state index in [-0.39, 0.29) is 0 Å². The number of nitrogens with two attached hydrogens (primary N) is 1. The van der Waals surface area contributed by atoms with Crippen molar-refractivity contribution in [2.45, 2.75) is 26.7 Å². The van der Waals surface area contributed by atoms with E-state index in [1.165, 1.54) is 18.5 Å². The van der Waals surface area contributed by atoms with E-state index < -0.39 is 0 Å². The standard InChI is InChI=1S/C15H27N3/c1-3-18(4-2)12-6-10-17-11-9-14-7-5-8-15(16)13-14/h5,7-8,13,17H,3-4,6,9-12,16H2,1-2H3. The molecule has 0 radical (unpaired) electrons. The molecule has 0 aliphatic rings. The van der Waals surface area contributed by atoms with Crippen molar-refractivity contribution >= 4 is 5.69 Å². The zero-order valence-electron chi connectivity index (χ0n) is 11.8. The summed E-state index contributed by atoms with van der Waals surface area (Å²) >= 11 is 0. The first kappa shape index (κ1) is 15.0. The van der Waals surface area contributed by atoms with Crippen molar-refractivity contribution in [3.05, 3.63) is 29.8 Å². The van der Waals surface area contributed by atoms with Crippen LogP contribution in [0.15, 0.2) is 24.3 Å². The predicted molar refractivity (Wildman–Crippen MR) is 79.8 cm³/mol. The molecule has 1 aromatic rings. The lowest BCUT2D eigenvalue weighted by molar-refractivity contribution is 0.298. The van der Waals surface area contributed by atoms with Crippen LogP contribution < -0.4 is 11.1 Å². The fraction of sp³-hybridized carbons (Fsp3) is 0.600. The minimum Gasteiger partial charge on any atom is -0.399 e. The summed E-state index contributed by atoms with van der Waals surface area (Å²) in [4.78, 5) is 2.46. The van der Waals surface area contributed by atoms with Crippen molar-refractivity contribution in [2.24, 2.45) is 0 Å². The Morgan fingerprint density at radius 1 is 1.17 bits per heavy atom. The largest absolute Gasteiger partial charge is 0.399 e. The molecule has 1 aromatic carbocycles. The Morgan fingerprint density at radius 2 is 1.94 bits per heavy atom. The fourth-order valence-electron chi connectivity index (χ4n) is 2.07. The van der Waals surface area contributed by atoms with Crippen LogP contribution in [0, 0.1) is 0 Å². The van der Waals surface area contributed by atoms with Crippen LogP contribution in [0.2, 0.25) is 0 Å². The van der Waals surface area contributed by atoms with Gasteiger partial charge in [-0.15, -0.1) is 0 Å². The summed E-state index contributed by atoms with van der Waals surface area (Å²) in [5, 5.41) is 3.49. The van der Waals surface area contributed by atoms with Gasteiger partial charge < -0.3 is 16.0 Å². The lowest BCUT2D eigenvalue weighted by Crippen LogP contribution is -2.27. The Bertz CT molecular complexity index is 321. The van der Waals surface area contributed by atoms with Crippen LogP contribution in [-0.2, 0) is 6.42 Å². The van der Waals surface area contributed by atoms with Crippen LogP contribution in [0.25, 0.3) is 0 Å². The van der Waals surface area contributed by atoms with Gasteiger partial charge in [-0.05, 0) is 63.3 Å². The topological polar surface area (TPSA) is 41.3 Å². The van der Waals surface area contributed by atoms with Crippen molar-refractivity contribution in [1.29, 1.82) is 0 Å². The van der Waals surface area contributed by atoms with Gasteiger partial charge in [0.25, 0.3) is 0 Å². The molecule has 0 amide bonds. The smallest absolute Gasteiger partial charge is 0.0316 e. The van der Waals surface area contributed by atoms with Crippen LogP contribution >= 0.6 is 0 Å². The third kappa shape index (κ3) is 6.03. The van der Waals surface area contributed by atoms with Crippen LogP contribution in [0.1, 0.15) is 25.8 Å². The predicted octanol–water partition coefficient (Wildman–Crippen LogP) is 2.13. The molecule has 3 N–H and O–H groups in total. The van der Waals surface area contributed by atoms with Crippen LogP contribution in [0.5, 0.6) is 0 Å². The minimum atomic E-state index is 0.856. The van der Waals surface area contributed by atoms with Gasteiger partial charge in [0.15, 0.2) is 0 Å². The third-order valence-corrected chi connectivity index (χ3v) is 3.26. The van der Waals surface area contributed by atoms with Gasteiger partial charge in [-0.25, -0.2) is 0 Å². The van der Waals surface area contributed by atoms with E-state index in [9.17, 15) is 0 Å². The second kappa shape index (κ2) is 8.95. The highest BCUT2D eigenvalue weighted by Gasteiger charge is 1.98. The monoisotopic (exact) mass is 249 g/mol. The molecule has 0 saturated heterocycles. The van der Waals surface area contributed by atoms with E-state index in [1.807, 2.05) is 12.1 Å². The maximum absolute atomic E-state index is 5.75. The van der Waals surface area contributed by atoms with E-state index in [4.69, 9.17) is 5.73 Å². The zero-order chi connectivity index (χ0) is 13.2. The molecule has 1 rings (SSSR count). The molecule has 18 heavy (non-hydrogen) atoms. The number of nitrogens with zero attached hydrogens (tertiary/aromatic N) is 1. The highest BCUT2D eigenvalue weighted by molar-refractivity contribution is 5.40. The maximum Gasteiger partial charge on any atom is 0.0316 e. The minimum absolute atomic E-state index is 0.856. The Hall–Kier alpha value is -1.06. The number of hydrogen-bond donors (Lipinski definition) is 2. The van der Waals surface area contributed by atoms with Gasteiger partial charge in [0.1, 0.15) is 0 Å². The highest BCUT2D eigenvalue weighted by Crippen LogP contribution is 2.06.